The molecule has 0 aliphatic heterocycles. The predicted molar refractivity (Wildman–Crippen MR) is 59.0 cm³/mol. The minimum atomic E-state index is -0.0646. The number of aliphatic hydroxyl groups is 1. The number of benzene rings is 1. The van der Waals surface area contributed by atoms with Crippen LogP contribution in [0, 0.1) is 0 Å². The fourth-order valence-corrected chi connectivity index (χ4v) is 1.56. The van der Waals surface area contributed by atoms with Crippen molar-refractivity contribution in [3.8, 4) is 11.3 Å². The molecule has 2 aromatic rings. The van der Waals surface area contributed by atoms with E-state index >= 15 is 0 Å². The second-order valence-corrected chi connectivity index (χ2v) is 3.35. The molecule has 0 saturated heterocycles. The maximum atomic E-state index is 9.26. The fraction of sp³-hybridized carbons (Fsp3) is 0.182. The molecule has 0 aliphatic rings. The molecule has 0 unspecified atom stereocenters. The van der Waals surface area contributed by atoms with Gasteiger partial charge in [-0.3, -0.25) is 0 Å². The van der Waals surface area contributed by atoms with Gasteiger partial charge in [-0.25, -0.2) is 4.98 Å². The Labute approximate surface area is 88.0 Å². The molecule has 0 spiro atoms. The summed E-state index contributed by atoms with van der Waals surface area (Å²) in [6.45, 7) is -0.0646. The third-order valence-corrected chi connectivity index (χ3v) is 2.45. The highest BCUT2D eigenvalue weighted by atomic mass is 16.3. The molecular weight excluding hydrogens is 190 g/mol. The van der Waals surface area contributed by atoms with Crippen LogP contribution in [0.5, 0.6) is 0 Å². The van der Waals surface area contributed by atoms with E-state index in [9.17, 15) is 5.11 Å². The highest BCUT2D eigenvalue weighted by Gasteiger charge is 2.12. The molecule has 0 aliphatic carbocycles. The minimum Gasteiger partial charge on any atom is -0.390 e. The molecule has 3 N–H and O–H groups in total. The minimum absolute atomic E-state index is 0.0646. The number of anilines is 1. The number of nitrogens with zero attached hydrogens (tertiary/aromatic N) is 2. The van der Waals surface area contributed by atoms with Crippen LogP contribution in [-0.2, 0) is 13.7 Å². The monoisotopic (exact) mass is 203 g/mol. The second kappa shape index (κ2) is 3.74. The molecule has 4 nitrogen and oxygen atoms in total. The van der Waals surface area contributed by atoms with Gasteiger partial charge in [0.1, 0.15) is 0 Å². The quantitative estimate of drug-likeness (QED) is 0.769. The topological polar surface area (TPSA) is 64.1 Å². The lowest BCUT2D eigenvalue weighted by atomic mass is 10.1. The summed E-state index contributed by atoms with van der Waals surface area (Å²) in [5.41, 5.74) is 8.14. The van der Waals surface area contributed by atoms with Gasteiger partial charge in [-0.1, -0.05) is 30.3 Å². The molecule has 0 atom stereocenters. The Bertz CT molecular complexity index is 462. The number of aromatic nitrogens is 2. The van der Waals surface area contributed by atoms with Crippen LogP contribution in [0.3, 0.4) is 0 Å². The Morgan fingerprint density at radius 2 is 2.00 bits per heavy atom. The normalized spacial score (nSPS) is 10.5. The van der Waals surface area contributed by atoms with Crippen molar-refractivity contribution in [3.63, 3.8) is 0 Å². The summed E-state index contributed by atoms with van der Waals surface area (Å²) in [5, 5.41) is 9.26. The summed E-state index contributed by atoms with van der Waals surface area (Å²) >= 11 is 0. The molecule has 1 aromatic heterocycles. The van der Waals surface area contributed by atoms with E-state index < -0.39 is 0 Å². The zero-order valence-corrected chi connectivity index (χ0v) is 8.51. The van der Waals surface area contributed by atoms with Gasteiger partial charge in [0, 0.05) is 12.6 Å². The first-order valence-electron chi connectivity index (χ1n) is 4.71. The van der Waals surface area contributed by atoms with Gasteiger partial charge in [0.2, 0.25) is 5.95 Å². The van der Waals surface area contributed by atoms with Crippen LogP contribution in [-0.4, -0.2) is 14.7 Å². The van der Waals surface area contributed by atoms with E-state index in [0.29, 0.717) is 5.95 Å². The van der Waals surface area contributed by atoms with Crippen molar-refractivity contribution in [2.75, 3.05) is 5.73 Å². The van der Waals surface area contributed by atoms with Crippen LogP contribution in [0.2, 0.25) is 0 Å². The molecule has 2 rings (SSSR count). The molecule has 0 amide bonds. The van der Waals surface area contributed by atoms with Gasteiger partial charge in [-0.15, -0.1) is 0 Å². The second-order valence-electron chi connectivity index (χ2n) is 3.35. The summed E-state index contributed by atoms with van der Waals surface area (Å²) in [6.07, 6.45) is 0. The first kappa shape index (κ1) is 9.73. The van der Waals surface area contributed by atoms with Crippen molar-refractivity contribution < 1.29 is 5.11 Å². The van der Waals surface area contributed by atoms with Crippen molar-refractivity contribution >= 4 is 5.95 Å². The average Bonchev–Trinajstić information content (AvgIpc) is 2.56. The van der Waals surface area contributed by atoms with Crippen LogP contribution in [0.1, 0.15) is 5.69 Å². The van der Waals surface area contributed by atoms with Gasteiger partial charge in [0.15, 0.2) is 0 Å². The summed E-state index contributed by atoms with van der Waals surface area (Å²) < 4.78 is 1.70. The van der Waals surface area contributed by atoms with E-state index in [0.717, 1.165) is 17.0 Å². The average molecular weight is 203 g/mol. The number of hydrogen-bond acceptors (Lipinski definition) is 3. The lowest BCUT2D eigenvalue weighted by Gasteiger charge is -2.02. The van der Waals surface area contributed by atoms with E-state index in [2.05, 4.69) is 4.98 Å². The van der Waals surface area contributed by atoms with Crippen molar-refractivity contribution in [1.29, 1.82) is 0 Å². The van der Waals surface area contributed by atoms with E-state index in [4.69, 9.17) is 5.73 Å². The number of nitrogen functional groups attached to an aromatic ring is 1. The van der Waals surface area contributed by atoms with E-state index in [1.807, 2.05) is 30.3 Å². The van der Waals surface area contributed by atoms with E-state index in [-0.39, 0.29) is 6.61 Å². The predicted octanol–water partition coefficient (Wildman–Crippen LogP) is 1.16. The molecule has 15 heavy (non-hydrogen) atoms. The summed E-state index contributed by atoms with van der Waals surface area (Å²) in [4.78, 5) is 4.23. The van der Waals surface area contributed by atoms with Crippen molar-refractivity contribution in [1.82, 2.24) is 9.55 Å². The van der Waals surface area contributed by atoms with Crippen LogP contribution in [0.25, 0.3) is 11.3 Å². The summed E-state index contributed by atoms with van der Waals surface area (Å²) in [7, 11) is 1.79. The Morgan fingerprint density at radius 3 is 2.60 bits per heavy atom. The third kappa shape index (κ3) is 1.59. The molecule has 0 fully saturated rings. The number of aliphatic hydroxyl groups excluding tert-OH is 1. The van der Waals surface area contributed by atoms with Crippen molar-refractivity contribution in [2.24, 2.45) is 7.05 Å². The number of imidazole rings is 1. The first-order chi connectivity index (χ1) is 7.24. The van der Waals surface area contributed by atoms with Crippen LogP contribution in [0.15, 0.2) is 30.3 Å². The Morgan fingerprint density at radius 1 is 1.33 bits per heavy atom. The summed E-state index contributed by atoms with van der Waals surface area (Å²) in [6, 6.07) is 9.69. The van der Waals surface area contributed by atoms with Gasteiger partial charge in [-0.05, 0) is 0 Å². The molecule has 0 bridgehead atoms. The van der Waals surface area contributed by atoms with Gasteiger partial charge < -0.3 is 15.4 Å². The lowest BCUT2D eigenvalue weighted by Crippen LogP contribution is -2.01. The van der Waals surface area contributed by atoms with Gasteiger partial charge in [0.05, 0.1) is 18.0 Å². The molecule has 1 heterocycles. The van der Waals surface area contributed by atoms with Gasteiger partial charge in [-0.2, -0.15) is 0 Å². The molecule has 0 radical (unpaired) electrons. The van der Waals surface area contributed by atoms with E-state index in [1.54, 1.807) is 11.6 Å². The maximum Gasteiger partial charge on any atom is 0.200 e. The third-order valence-electron chi connectivity index (χ3n) is 2.45. The Balaban J connectivity index is 2.58. The molecule has 1 aromatic carbocycles. The molecule has 0 saturated carbocycles. The highest BCUT2D eigenvalue weighted by molar-refractivity contribution is 5.64. The van der Waals surface area contributed by atoms with Crippen molar-refractivity contribution in [2.45, 2.75) is 6.61 Å². The smallest absolute Gasteiger partial charge is 0.200 e. The van der Waals surface area contributed by atoms with E-state index in [1.165, 1.54) is 0 Å². The maximum absolute atomic E-state index is 9.26. The van der Waals surface area contributed by atoms with Crippen LogP contribution < -0.4 is 5.73 Å². The largest absolute Gasteiger partial charge is 0.390 e. The van der Waals surface area contributed by atoms with Crippen LogP contribution >= 0.6 is 0 Å². The zero-order valence-electron chi connectivity index (χ0n) is 8.51. The van der Waals surface area contributed by atoms with Crippen LogP contribution in [0.4, 0.5) is 5.95 Å². The standard InChI is InChI=1S/C11H13N3O/c1-14-9(7-15)10(13-11(14)12)8-5-3-2-4-6-8/h2-6,15H,7H2,1H3,(H2,12,13). The van der Waals surface area contributed by atoms with Gasteiger partial charge in [0.25, 0.3) is 0 Å². The highest BCUT2D eigenvalue weighted by Crippen LogP contribution is 2.24. The summed E-state index contributed by atoms with van der Waals surface area (Å²) in [5.74, 6) is 0.415. The number of hydrogen-bond donors (Lipinski definition) is 2. The first-order valence-corrected chi connectivity index (χ1v) is 4.71. The number of rotatable bonds is 2. The fourth-order valence-electron chi connectivity index (χ4n) is 1.56. The lowest BCUT2D eigenvalue weighted by molar-refractivity contribution is 0.273. The number of nitrogens with two attached hydrogens (primary N) is 1. The molecule has 78 valence electrons. The SMILES string of the molecule is Cn1c(N)nc(-c2ccccc2)c1CO. The Hall–Kier alpha value is -1.81. The van der Waals surface area contributed by atoms with Gasteiger partial charge >= 0.3 is 0 Å². The Kier molecular flexibility index (Phi) is 2.43. The molecule has 4 heteroatoms. The molecular formula is C11H13N3O. The zero-order chi connectivity index (χ0) is 10.8. The van der Waals surface area contributed by atoms with Crippen molar-refractivity contribution in [3.05, 3.63) is 36.0 Å².